The average Bonchev–Trinajstić information content (AvgIpc) is 3.44. The minimum Gasteiger partial charge on any atom is -0.322 e. The second-order valence-electron chi connectivity index (χ2n) is 8.86. The van der Waals surface area contributed by atoms with Gasteiger partial charge in [-0.15, -0.1) is 0 Å². The molecule has 1 amide bonds. The molecule has 2 aromatic heterocycles. The summed E-state index contributed by atoms with van der Waals surface area (Å²) in [4.78, 5) is 18.3. The van der Waals surface area contributed by atoms with E-state index in [0.29, 0.717) is 34.6 Å². The Kier molecular flexibility index (Phi) is 4.66. The van der Waals surface area contributed by atoms with Gasteiger partial charge in [-0.25, -0.2) is 18.1 Å². The average molecular weight is 439 g/mol. The molecule has 0 unspecified atom stereocenters. The van der Waals surface area contributed by atoms with Gasteiger partial charge < -0.3 is 5.32 Å². The molecule has 1 saturated carbocycles. The zero-order valence-corrected chi connectivity index (χ0v) is 18.8. The summed E-state index contributed by atoms with van der Waals surface area (Å²) in [5.74, 6) is 0.403. The van der Waals surface area contributed by atoms with E-state index in [1.807, 2.05) is 45.0 Å². The number of hydrogen-bond acceptors (Lipinski definition) is 5. The van der Waals surface area contributed by atoms with Gasteiger partial charge in [0.2, 0.25) is 0 Å². The minimum atomic E-state index is -3.06. The quantitative estimate of drug-likeness (QED) is 0.668. The normalized spacial score (nSPS) is 20.3. The standard InChI is InChI=1S/C23H26N4O3S/c1-13-5-4-6-19(14(13)2)25-23(28)18-11-20(16-7-8-16)24-22-21(18)15(3)26-27(22)17-9-10-31(29,30)12-17/h4-6,11,16-17H,7-10,12H2,1-3H3,(H,25,28)/t17-/m1/s1. The van der Waals surface area contributed by atoms with E-state index in [4.69, 9.17) is 4.98 Å². The molecule has 3 aromatic rings. The molecule has 0 radical (unpaired) electrons. The lowest BCUT2D eigenvalue weighted by atomic mass is 10.1. The number of hydrogen-bond donors (Lipinski definition) is 1. The Morgan fingerprint density at radius 1 is 1.16 bits per heavy atom. The summed E-state index contributed by atoms with van der Waals surface area (Å²) in [6.07, 6.45) is 2.64. The predicted molar refractivity (Wildman–Crippen MR) is 120 cm³/mol. The van der Waals surface area contributed by atoms with E-state index in [9.17, 15) is 13.2 Å². The monoisotopic (exact) mass is 438 g/mol. The third kappa shape index (κ3) is 3.63. The molecule has 8 heteroatoms. The molecule has 7 nitrogen and oxygen atoms in total. The highest BCUT2D eigenvalue weighted by atomic mass is 32.2. The maximum atomic E-state index is 13.4. The van der Waals surface area contributed by atoms with E-state index >= 15 is 0 Å². The Bertz CT molecular complexity index is 1320. The van der Waals surface area contributed by atoms with Crippen LogP contribution in [0.3, 0.4) is 0 Å². The first kappa shape index (κ1) is 20.2. The summed E-state index contributed by atoms with van der Waals surface area (Å²) < 4.78 is 25.9. The number of amides is 1. The van der Waals surface area contributed by atoms with Crippen molar-refractivity contribution in [3.8, 4) is 0 Å². The number of benzene rings is 1. The van der Waals surface area contributed by atoms with E-state index < -0.39 is 9.84 Å². The van der Waals surface area contributed by atoms with Gasteiger partial charge in [-0.2, -0.15) is 5.10 Å². The Balaban J connectivity index is 1.62. The van der Waals surface area contributed by atoms with Crippen molar-refractivity contribution in [2.75, 3.05) is 16.8 Å². The fourth-order valence-electron chi connectivity index (χ4n) is 4.40. The first-order chi connectivity index (χ1) is 14.7. The van der Waals surface area contributed by atoms with Gasteiger partial charge in [-0.3, -0.25) is 4.79 Å². The van der Waals surface area contributed by atoms with Crippen LogP contribution in [0.2, 0.25) is 0 Å². The van der Waals surface area contributed by atoms with Crippen molar-refractivity contribution in [3.05, 3.63) is 52.3 Å². The molecule has 1 N–H and O–H groups in total. The third-order valence-corrected chi connectivity index (χ3v) is 8.25. The van der Waals surface area contributed by atoms with Crippen LogP contribution in [-0.4, -0.2) is 40.6 Å². The predicted octanol–water partition coefficient (Wildman–Crippen LogP) is 3.85. The second-order valence-corrected chi connectivity index (χ2v) is 11.1. The summed E-state index contributed by atoms with van der Waals surface area (Å²) in [6, 6.07) is 7.51. The molecule has 162 valence electrons. The maximum Gasteiger partial charge on any atom is 0.256 e. The molecule has 3 heterocycles. The van der Waals surface area contributed by atoms with E-state index in [-0.39, 0.29) is 23.5 Å². The summed E-state index contributed by atoms with van der Waals surface area (Å²) in [5.41, 5.74) is 5.69. The zero-order chi connectivity index (χ0) is 21.9. The summed E-state index contributed by atoms with van der Waals surface area (Å²) in [6.45, 7) is 5.87. The maximum absolute atomic E-state index is 13.4. The van der Waals surface area contributed by atoms with Crippen molar-refractivity contribution < 1.29 is 13.2 Å². The van der Waals surface area contributed by atoms with Crippen LogP contribution in [0.1, 0.15) is 64.1 Å². The highest BCUT2D eigenvalue weighted by Crippen LogP contribution is 2.41. The van der Waals surface area contributed by atoms with Gasteiger partial charge in [-0.1, -0.05) is 12.1 Å². The van der Waals surface area contributed by atoms with Crippen molar-refractivity contribution in [3.63, 3.8) is 0 Å². The molecule has 31 heavy (non-hydrogen) atoms. The molecule has 5 rings (SSSR count). The first-order valence-corrected chi connectivity index (χ1v) is 12.5. The highest BCUT2D eigenvalue weighted by molar-refractivity contribution is 7.91. The van der Waals surface area contributed by atoms with Crippen molar-refractivity contribution >= 4 is 32.5 Å². The van der Waals surface area contributed by atoms with Gasteiger partial charge in [0.1, 0.15) is 0 Å². The number of pyridine rings is 1. The lowest BCUT2D eigenvalue weighted by molar-refractivity contribution is 0.102. The summed E-state index contributed by atoms with van der Waals surface area (Å²) in [7, 11) is -3.06. The fourth-order valence-corrected chi connectivity index (χ4v) is 6.09. The number of rotatable bonds is 4. The van der Waals surface area contributed by atoms with Crippen LogP contribution >= 0.6 is 0 Å². The molecule has 0 bridgehead atoms. The highest BCUT2D eigenvalue weighted by Gasteiger charge is 2.34. The van der Waals surface area contributed by atoms with Crippen molar-refractivity contribution in [1.29, 1.82) is 0 Å². The van der Waals surface area contributed by atoms with Crippen LogP contribution < -0.4 is 5.32 Å². The molecule has 1 aromatic carbocycles. The molecular weight excluding hydrogens is 412 g/mol. The van der Waals surface area contributed by atoms with Crippen LogP contribution in [0, 0.1) is 20.8 Å². The SMILES string of the molecule is Cc1cccc(NC(=O)c2cc(C3CC3)nc3c2c(C)nn3[C@@H]2CCS(=O)(=O)C2)c1C. The van der Waals surface area contributed by atoms with Gasteiger partial charge in [-0.05, 0) is 63.3 Å². The second kappa shape index (κ2) is 7.15. The lowest BCUT2D eigenvalue weighted by Gasteiger charge is -2.13. The topological polar surface area (TPSA) is 93.9 Å². The number of carbonyl (C=O) groups is 1. The van der Waals surface area contributed by atoms with Crippen LogP contribution in [0.25, 0.3) is 11.0 Å². The van der Waals surface area contributed by atoms with Crippen molar-refractivity contribution in [2.45, 2.75) is 52.0 Å². The van der Waals surface area contributed by atoms with Gasteiger partial charge in [0.25, 0.3) is 5.91 Å². The number of carbonyl (C=O) groups excluding carboxylic acids is 1. The summed E-state index contributed by atoms with van der Waals surface area (Å²) >= 11 is 0. The van der Waals surface area contributed by atoms with Crippen molar-refractivity contribution in [2.24, 2.45) is 0 Å². The number of fused-ring (bicyclic) bond motifs is 1. The molecular formula is C23H26N4O3S. The van der Waals surface area contributed by atoms with Crippen molar-refractivity contribution in [1.82, 2.24) is 14.8 Å². The number of anilines is 1. The van der Waals surface area contributed by atoms with E-state index in [0.717, 1.165) is 35.3 Å². The Morgan fingerprint density at radius 2 is 1.94 bits per heavy atom. The fraction of sp³-hybridized carbons (Fsp3) is 0.435. The number of aryl methyl sites for hydroxylation is 2. The number of nitrogens with one attached hydrogen (secondary N) is 1. The minimum absolute atomic E-state index is 0.0720. The largest absolute Gasteiger partial charge is 0.322 e. The Hall–Kier alpha value is -2.74. The number of nitrogens with zero attached hydrogens (tertiary/aromatic N) is 3. The van der Waals surface area contributed by atoms with Gasteiger partial charge in [0.05, 0.1) is 34.2 Å². The van der Waals surface area contributed by atoms with Crippen LogP contribution in [0.15, 0.2) is 24.3 Å². The molecule has 0 spiro atoms. The number of sulfone groups is 1. The molecule has 1 atom stereocenters. The van der Waals surface area contributed by atoms with E-state index in [1.165, 1.54) is 0 Å². The Labute approximate surface area is 181 Å². The summed E-state index contributed by atoms with van der Waals surface area (Å²) in [5, 5.41) is 8.42. The Morgan fingerprint density at radius 3 is 2.61 bits per heavy atom. The van der Waals surface area contributed by atoms with E-state index in [1.54, 1.807) is 4.68 Å². The van der Waals surface area contributed by atoms with Gasteiger partial charge in [0, 0.05) is 17.3 Å². The van der Waals surface area contributed by atoms with Gasteiger partial charge in [0.15, 0.2) is 15.5 Å². The third-order valence-electron chi connectivity index (χ3n) is 6.50. The number of aromatic nitrogens is 3. The molecule has 2 fully saturated rings. The van der Waals surface area contributed by atoms with Crippen LogP contribution in [0.5, 0.6) is 0 Å². The molecule has 1 saturated heterocycles. The zero-order valence-electron chi connectivity index (χ0n) is 18.0. The van der Waals surface area contributed by atoms with Crippen LogP contribution in [0.4, 0.5) is 5.69 Å². The van der Waals surface area contributed by atoms with E-state index in [2.05, 4.69) is 10.4 Å². The van der Waals surface area contributed by atoms with Crippen LogP contribution in [-0.2, 0) is 9.84 Å². The molecule has 1 aliphatic heterocycles. The molecule has 1 aliphatic carbocycles. The lowest BCUT2D eigenvalue weighted by Crippen LogP contribution is -2.16. The first-order valence-electron chi connectivity index (χ1n) is 10.7. The molecule has 2 aliphatic rings. The van der Waals surface area contributed by atoms with Gasteiger partial charge >= 0.3 is 0 Å². The smallest absolute Gasteiger partial charge is 0.256 e.